The molecule has 5 rings (SSSR count). The summed E-state index contributed by atoms with van der Waals surface area (Å²) >= 11 is 0. The molecule has 0 atom stereocenters. The predicted molar refractivity (Wildman–Crippen MR) is 144 cm³/mol. The lowest BCUT2D eigenvalue weighted by molar-refractivity contribution is -0.114. The van der Waals surface area contributed by atoms with Crippen molar-refractivity contribution in [2.45, 2.75) is 38.6 Å². The lowest BCUT2D eigenvalue weighted by Crippen LogP contribution is -2.34. The minimum Gasteiger partial charge on any atom is -0.326 e. The molecule has 36 heavy (non-hydrogen) atoms. The third-order valence-electron chi connectivity index (χ3n) is 7.03. The van der Waals surface area contributed by atoms with Crippen LogP contribution in [0.15, 0.2) is 72.8 Å². The molecule has 0 aliphatic carbocycles. The molecule has 2 heterocycles. The Kier molecular flexibility index (Phi) is 7.11. The van der Waals surface area contributed by atoms with E-state index in [4.69, 9.17) is 4.98 Å². The molecule has 3 aromatic carbocycles. The van der Waals surface area contributed by atoms with Gasteiger partial charge in [0.2, 0.25) is 5.91 Å². The van der Waals surface area contributed by atoms with Gasteiger partial charge in [0.25, 0.3) is 0 Å². The molecule has 182 valence electrons. The number of aromatic nitrogens is 2. The van der Waals surface area contributed by atoms with E-state index < -0.39 is 0 Å². The zero-order chi connectivity index (χ0) is 24.9. The third-order valence-corrected chi connectivity index (χ3v) is 7.03. The molecule has 1 N–H and O–H groups in total. The van der Waals surface area contributed by atoms with Crippen LogP contribution in [0, 0.1) is 11.3 Å². The van der Waals surface area contributed by atoms with Crippen LogP contribution in [0.3, 0.4) is 0 Å². The van der Waals surface area contributed by atoms with E-state index in [2.05, 4.69) is 51.2 Å². The number of hydrogen-bond donors (Lipinski definition) is 1. The van der Waals surface area contributed by atoms with E-state index in [1.54, 1.807) is 6.92 Å². The second-order valence-corrected chi connectivity index (χ2v) is 9.54. The van der Waals surface area contributed by atoms with E-state index in [9.17, 15) is 10.1 Å². The Morgan fingerprint density at radius 2 is 1.83 bits per heavy atom. The minimum atomic E-state index is -0.0337. The molecule has 6 nitrogen and oxygen atoms in total. The number of amides is 1. The highest BCUT2D eigenvalue weighted by Crippen LogP contribution is 2.30. The summed E-state index contributed by atoms with van der Waals surface area (Å²) in [6.45, 7) is 5.63. The number of anilines is 1. The molecule has 1 aromatic heterocycles. The Balaban J connectivity index is 1.22. The first-order valence-corrected chi connectivity index (χ1v) is 12.7. The van der Waals surface area contributed by atoms with Crippen molar-refractivity contribution >= 4 is 22.6 Å². The van der Waals surface area contributed by atoms with Gasteiger partial charge >= 0.3 is 0 Å². The normalized spacial score (nSPS) is 14.6. The van der Waals surface area contributed by atoms with E-state index in [0.29, 0.717) is 11.5 Å². The van der Waals surface area contributed by atoms with Crippen LogP contribution in [0.1, 0.15) is 43.2 Å². The van der Waals surface area contributed by atoms with Gasteiger partial charge in [0.15, 0.2) is 0 Å². The number of nitrogens with zero attached hydrogens (tertiary/aromatic N) is 4. The second-order valence-electron chi connectivity index (χ2n) is 9.54. The molecule has 0 spiro atoms. The molecule has 0 saturated carbocycles. The zero-order valence-corrected chi connectivity index (χ0v) is 20.7. The Hall–Kier alpha value is -3.95. The van der Waals surface area contributed by atoms with Gasteiger partial charge in [-0.25, -0.2) is 4.98 Å². The molecule has 0 bridgehead atoms. The summed E-state index contributed by atoms with van der Waals surface area (Å²) in [6, 6.07) is 26.5. The van der Waals surface area contributed by atoms with Gasteiger partial charge in [-0.3, -0.25) is 4.79 Å². The molecule has 4 aromatic rings. The molecule has 1 aliphatic rings. The number of imidazole rings is 1. The predicted octanol–water partition coefficient (Wildman–Crippen LogP) is 5.80. The van der Waals surface area contributed by atoms with Crippen LogP contribution < -0.4 is 5.32 Å². The van der Waals surface area contributed by atoms with Crippen molar-refractivity contribution in [3.63, 3.8) is 0 Å². The average Bonchev–Trinajstić information content (AvgIpc) is 3.27. The number of likely N-dealkylation sites (tertiary alicyclic amines) is 1. The molecule has 1 aliphatic heterocycles. The Bertz CT molecular complexity index is 1410. The van der Waals surface area contributed by atoms with E-state index in [0.717, 1.165) is 73.6 Å². The molecule has 1 amide bonds. The van der Waals surface area contributed by atoms with E-state index in [1.807, 2.05) is 42.5 Å². The maximum atomic E-state index is 11.4. The number of nitrogens with one attached hydrogen (secondary N) is 1. The molecule has 0 radical (unpaired) electrons. The lowest BCUT2D eigenvalue weighted by Gasteiger charge is -2.32. The van der Waals surface area contributed by atoms with Gasteiger partial charge in [0.05, 0.1) is 22.7 Å². The second kappa shape index (κ2) is 10.8. The Labute approximate surface area is 212 Å². The van der Waals surface area contributed by atoms with Gasteiger partial charge in [0.1, 0.15) is 5.82 Å². The number of aryl methyl sites for hydroxylation is 1. The van der Waals surface area contributed by atoms with Crippen LogP contribution in [0.5, 0.6) is 0 Å². The van der Waals surface area contributed by atoms with Crippen molar-refractivity contribution in [3.8, 4) is 17.5 Å². The fraction of sp³-hybridized carbons (Fsp3) is 0.300. The van der Waals surface area contributed by atoms with Crippen molar-refractivity contribution < 1.29 is 4.79 Å². The van der Waals surface area contributed by atoms with Crippen LogP contribution in [0.4, 0.5) is 5.69 Å². The highest BCUT2D eigenvalue weighted by molar-refractivity contribution is 5.88. The molecular formula is C30H31N5O. The number of para-hydroxylation sites is 2. The number of carbonyl (C=O) groups excluding carboxylic acids is 1. The fourth-order valence-electron chi connectivity index (χ4n) is 5.27. The quantitative estimate of drug-likeness (QED) is 0.365. The van der Waals surface area contributed by atoms with Crippen molar-refractivity contribution in [2.24, 2.45) is 0 Å². The monoisotopic (exact) mass is 477 g/mol. The number of benzene rings is 3. The molecule has 6 heteroatoms. The number of rotatable bonds is 7. The van der Waals surface area contributed by atoms with Crippen LogP contribution in [0.25, 0.3) is 22.4 Å². The molecule has 0 unspecified atom stereocenters. The first-order valence-electron chi connectivity index (χ1n) is 12.7. The first kappa shape index (κ1) is 23.8. The topological polar surface area (TPSA) is 74.0 Å². The van der Waals surface area contributed by atoms with Crippen LogP contribution in [-0.4, -0.2) is 40.0 Å². The third kappa shape index (κ3) is 5.32. The summed E-state index contributed by atoms with van der Waals surface area (Å²) in [5, 5.41) is 12.2. The van der Waals surface area contributed by atoms with Gasteiger partial charge in [0, 0.05) is 24.7 Å². The van der Waals surface area contributed by atoms with Crippen LogP contribution >= 0.6 is 0 Å². The Morgan fingerprint density at radius 3 is 2.64 bits per heavy atom. The first-order chi connectivity index (χ1) is 17.6. The number of piperidine rings is 1. The van der Waals surface area contributed by atoms with Crippen molar-refractivity contribution in [3.05, 3.63) is 83.9 Å². The lowest BCUT2D eigenvalue weighted by atomic mass is 9.89. The number of fused-ring (bicyclic) bond motifs is 1. The zero-order valence-electron chi connectivity index (χ0n) is 20.7. The highest BCUT2D eigenvalue weighted by atomic mass is 16.1. The van der Waals surface area contributed by atoms with Crippen LogP contribution in [-0.2, 0) is 11.3 Å². The smallest absolute Gasteiger partial charge is 0.221 e. The van der Waals surface area contributed by atoms with Crippen molar-refractivity contribution in [2.75, 3.05) is 25.0 Å². The maximum Gasteiger partial charge on any atom is 0.221 e. The summed E-state index contributed by atoms with van der Waals surface area (Å²) in [7, 11) is 0. The summed E-state index contributed by atoms with van der Waals surface area (Å²) in [4.78, 5) is 18.9. The molecular weight excluding hydrogens is 446 g/mol. The molecule has 1 fully saturated rings. The van der Waals surface area contributed by atoms with Crippen molar-refractivity contribution in [1.82, 2.24) is 14.5 Å². The largest absolute Gasteiger partial charge is 0.326 e. The highest BCUT2D eigenvalue weighted by Gasteiger charge is 2.21. The minimum absolute atomic E-state index is 0.0337. The van der Waals surface area contributed by atoms with Gasteiger partial charge in [-0.1, -0.05) is 36.4 Å². The summed E-state index contributed by atoms with van der Waals surface area (Å²) in [5.41, 5.74) is 5.94. The summed E-state index contributed by atoms with van der Waals surface area (Å²) in [6.07, 6.45) is 3.29. The van der Waals surface area contributed by atoms with Gasteiger partial charge in [-0.05, 0) is 86.8 Å². The average molecular weight is 478 g/mol. The number of hydrogen-bond acceptors (Lipinski definition) is 4. The Morgan fingerprint density at radius 1 is 1.03 bits per heavy atom. The fourth-order valence-corrected chi connectivity index (χ4v) is 5.27. The van der Waals surface area contributed by atoms with E-state index in [-0.39, 0.29) is 5.91 Å². The van der Waals surface area contributed by atoms with Gasteiger partial charge in [-0.15, -0.1) is 0 Å². The van der Waals surface area contributed by atoms with Crippen LogP contribution in [0.2, 0.25) is 0 Å². The maximum absolute atomic E-state index is 11.4. The van der Waals surface area contributed by atoms with E-state index >= 15 is 0 Å². The SMILES string of the molecule is CC(=O)Nc1cccc(C2CCN(CCCn3c(-c4cccc(C#N)c4)nc4ccccc43)CC2)c1. The van der Waals surface area contributed by atoms with E-state index in [1.165, 1.54) is 5.56 Å². The summed E-state index contributed by atoms with van der Waals surface area (Å²) in [5.74, 6) is 1.42. The van der Waals surface area contributed by atoms with Gasteiger partial charge in [-0.2, -0.15) is 5.26 Å². The van der Waals surface area contributed by atoms with Gasteiger partial charge < -0.3 is 14.8 Å². The molecule has 1 saturated heterocycles. The standard InChI is InChI=1S/C30H31N5O/c1-22(36)32-27-10-5-8-25(20-27)24-13-17-34(18-14-24)15-6-16-35-29-12-3-2-11-28(29)33-30(35)26-9-4-7-23(19-26)21-31/h2-5,7-12,19-20,24H,6,13-18H2,1H3,(H,32,36). The van der Waals surface area contributed by atoms with Crippen molar-refractivity contribution in [1.29, 1.82) is 5.26 Å². The number of nitriles is 1. The summed E-state index contributed by atoms with van der Waals surface area (Å²) < 4.78 is 2.30. The number of carbonyl (C=O) groups is 1.